The molecule has 0 saturated heterocycles. The van der Waals surface area contributed by atoms with Crippen molar-refractivity contribution >= 4 is 33.4 Å². The number of hydrogen-bond acceptors (Lipinski definition) is 4. The molecule has 15 heavy (non-hydrogen) atoms. The molecule has 0 aliphatic carbocycles. The summed E-state index contributed by atoms with van der Waals surface area (Å²) in [4.78, 5) is 21.7. The van der Waals surface area contributed by atoms with Crippen LogP contribution in [0.3, 0.4) is 0 Å². The van der Waals surface area contributed by atoms with E-state index in [4.69, 9.17) is 0 Å². The van der Waals surface area contributed by atoms with E-state index in [0.717, 1.165) is 17.9 Å². The van der Waals surface area contributed by atoms with Gasteiger partial charge in [0.2, 0.25) is 11.8 Å². The van der Waals surface area contributed by atoms with Gasteiger partial charge in [0.05, 0.1) is 0 Å². The molecular weight excluding hydrogens is 232 g/mol. The molecule has 2 N–H and O–H groups in total. The highest BCUT2D eigenvalue weighted by molar-refractivity contribution is 8.76. The van der Waals surface area contributed by atoms with Crippen molar-refractivity contribution in [1.82, 2.24) is 10.6 Å². The van der Waals surface area contributed by atoms with Crippen LogP contribution in [-0.2, 0) is 9.59 Å². The molecule has 0 aliphatic rings. The van der Waals surface area contributed by atoms with E-state index in [1.807, 2.05) is 0 Å². The van der Waals surface area contributed by atoms with Crippen LogP contribution < -0.4 is 10.6 Å². The Morgan fingerprint density at radius 3 is 2.07 bits per heavy atom. The molecule has 0 aromatic heterocycles. The summed E-state index contributed by atoms with van der Waals surface area (Å²) in [5.41, 5.74) is 0. The Labute approximate surface area is 98.7 Å². The normalized spacial score (nSPS) is 9.73. The van der Waals surface area contributed by atoms with Gasteiger partial charge in [-0.3, -0.25) is 9.59 Å². The smallest absolute Gasteiger partial charge is 0.220 e. The number of rotatable bonds is 8. The van der Waals surface area contributed by atoms with Gasteiger partial charge in [-0.2, -0.15) is 0 Å². The van der Waals surface area contributed by atoms with Crippen LogP contribution in [0.15, 0.2) is 0 Å². The highest BCUT2D eigenvalue weighted by Gasteiger charge is 1.99. The van der Waals surface area contributed by atoms with Gasteiger partial charge in [-0.25, -0.2) is 0 Å². The first-order valence-electron chi connectivity index (χ1n) is 4.86. The van der Waals surface area contributed by atoms with Gasteiger partial charge in [0, 0.05) is 38.4 Å². The molecule has 0 aromatic rings. The third-order valence-corrected chi connectivity index (χ3v) is 4.18. The molecule has 0 atom stereocenters. The Kier molecular flexibility index (Phi) is 9.92. The second kappa shape index (κ2) is 10.2. The number of carbonyl (C=O) groups is 2. The van der Waals surface area contributed by atoms with Gasteiger partial charge in [0.1, 0.15) is 0 Å². The topological polar surface area (TPSA) is 58.2 Å². The lowest BCUT2D eigenvalue weighted by molar-refractivity contribution is -0.121. The predicted molar refractivity (Wildman–Crippen MR) is 66.9 cm³/mol. The molecule has 0 rings (SSSR count). The second-order valence-corrected chi connectivity index (χ2v) is 5.55. The fraction of sp³-hybridized carbons (Fsp3) is 0.778. The van der Waals surface area contributed by atoms with Crippen molar-refractivity contribution in [2.45, 2.75) is 19.3 Å². The Bertz CT molecular complexity index is 181. The fourth-order valence-corrected chi connectivity index (χ4v) is 2.87. The first-order chi connectivity index (χ1) is 7.20. The lowest BCUT2D eigenvalue weighted by atomic mass is 10.3. The van der Waals surface area contributed by atoms with E-state index in [1.165, 1.54) is 0 Å². The molecule has 0 bridgehead atoms. The second-order valence-electron chi connectivity index (χ2n) is 2.84. The zero-order chi connectivity index (χ0) is 11.5. The van der Waals surface area contributed by atoms with Gasteiger partial charge in [0.25, 0.3) is 0 Å². The largest absolute Gasteiger partial charge is 0.359 e. The summed E-state index contributed by atoms with van der Waals surface area (Å²) >= 11 is 0. The maximum atomic E-state index is 10.8. The van der Waals surface area contributed by atoms with Crippen LogP contribution in [0.5, 0.6) is 0 Å². The van der Waals surface area contributed by atoms with Gasteiger partial charge < -0.3 is 10.6 Å². The molecule has 0 saturated carbocycles. The monoisotopic (exact) mass is 250 g/mol. The minimum atomic E-state index is 0.0773. The third-order valence-electron chi connectivity index (χ3n) is 1.68. The fourth-order valence-electron chi connectivity index (χ4n) is 0.794. The van der Waals surface area contributed by atoms with Gasteiger partial charge in [0.15, 0.2) is 0 Å². The summed E-state index contributed by atoms with van der Waals surface area (Å²) in [6.07, 6.45) is 2.03. The molecule has 4 nitrogen and oxygen atoms in total. The van der Waals surface area contributed by atoms with Crippen molar-refractivity contribution in [1.29, 1.82) is 0 Å². The SMILES string of the molecule is CNC(=O)CCCSSCCC(=O)NC. The predicted octanol–water partition coefficient (Wildman–Crippen LogP) is 1.03. The summed E-state index contributed by atoms with van der Waals surface area (Å²) in [5.74, 6) is 1.94. The van der Waals surface area contributed by atoms with Crippen LogP contribution in [0.25, 0.3) is 0 Å². The maximum Gasteiger partial charge on any atom is 0.220 e. The molecule has 0 unspecified atom stereocenters. The zero-order valence-corrected chi connectivity index (χ0v) is 10.8. The summed E-state index contributed by atoms with van der Waals surface area (Å²) < 4.78 is 0. The highest BCUT2D eigenvalue weighted by atomic mass is 33.1. The maximum absolute atomic E-state index is 10.8. The Morgan fingerprint density at radius 1 is 0.933 bits per heavy atom. The Balaban J connectivity index is 3.11. The van der Waals surface area contributed by atoms with Crippen molar-refractivity contribution in [2.75, 3.05) is 25.6 Å². The molecule has 2 amide bonds. The van der Waals surface area contributed by atoms with Crippen molar-refractivity contribution < 1.29 is 9.59 Å². The lowest BCUT2D eigenvalue weighted by Crippen LogP contribution is -2.17. The molecule has 0 aliphatic heterocycles. The molecule has 6 heteroatoms. The van der Waals surface area contributed by atoms with Crippen LogP contribution >= 0.6 is 21.6 Å². The van der Waals surface area contributed by atoms with Gasteiger partial charge >= 0.3 is 0 Å². The standard InChI is InChI=1S/C9H18N2O2S2/c1-10-8(12)4-3-6-14-15-7-5-9(13)11-2/h3-7H2,1-2H3,(H,10,12)(H,11,13). The summed E-state index contributed by atoms with van der Waals surface area (Å²) in [7, 11) is 6.68. The van der Waals surface area contributed by atoms with Gasteiger partial charge in [-0.1, -0.05) is 21.6 Å². The highest BCUT2D eigenvalue weighted by Crippen LogP contribution is 2.22. The van der Waals surface area contributed by atoms with E-state index >= 15 is 0 Å². The van der Waals surface area contributed by atoms with Crippen molar-refractivity contribution in [2.24, 2.45) is 0 Å². The number of amides is 2. The van der Waals surface area contributed by atoms with Crippen LogP contribution in [0.1, 0.15) is 19.3 Å². The average molecular weight is 250 g/mol. The average Bonchev–Trinajstić information content (AvgIpc) is 2.26. The van der Waals surface area contributed by atoms with Gasteiger partial charge in [-0.15, -0.1) is 0 Å². The molecule has 0 radical (unpaired) electrons. The first kappa shape index (κ1) is 14.6. The van der Waals surface area contributed by atoms with Crippen LogP contribution in [0.2, 0.25) is 0 Å². The summed E-state index contributed by atoms with van der Waals surface area (Å²) in [6, 6.07) is 0. The summed E-state index contributed by atoms with van der Waals surface area (Å²) in [6.45, 7) is 0. The molecule has 0 aromatic carbocycles. The van der Waals surface area contributed by atoms with E-state index in [1.54, 1.807) is 35.7 Å². The molecule has 0 heterocycles. The zero-order valence-electron chi connectivity index (χ0n) is 9.17. The van der Waals surface area contributed by atoms with Crippen LogP contribution in [0, 0.1) is 0 Å². The Morgan fingerprint density at radius 2 is 1.47 bits per heavy atom. The molecular formula is C9H18N2O2S2. The van der Waals surface area contributed by atoms with Crippen LogP contribution in [0.4, 0.5) is 0 Å². The minimum Gasteiger partial charge on any atom is -0.359 e. The molecule has 0 fully saturated rings. The van der Waals surface area contributed by atoms with Crippen molar-refractivity contribution in [3.8, 4) is 0 Å². The quantitative estimate of drug-likeness (QED) is 0.499. The number of carbonyl (C=O) groups excluding carboxylic acids is 2. The number of nitrogens with one attached hydrogen (secondary N) is 2. The summed E-state index contributed by atoms with van der Waals surface area (Å²) in [5, 5.41) is 5.16. The van der Waals surface area contributed by atoms with Gasteiger partial charge in [-0.05, 0) is 6.42 Å². The van der Waals surface area contributed by atoms with E-state index < -0.39 is 0 Å². The molecule has 0 spiro atoms. The molecule has 88 valence electrons. The van der Waals surface area contributed by atoms with E-state index in [2.05, 4.69) is 10.6 Å². The van der Waals surface area contributed by atoms with Crippen molar-refractivity contribution in [3.05, 3.63) is 0 Å². The first-order valence-corrected chi connectivity index (χ1v) is 7.35. The van der Waals surface area contributed by atoms with E-state index in [-0.39, 0.29) is 11.8 Å². The van der Waals surface area contributed by atoms with Crippen molar-refractivity contribution in [3.63, 3.8) is 0 Å². The Hall–Kier alpha value is -0.360. The third kappa shape index (κ3) is 9.93. The van der Waals surface area contributed by atoms with E-state index in [0.29, 0.717) is 12.8 Å². The lowest BCUT2D eigenvalue weighted by Gasteiger charge is -2.01. The van der Waals surface area contributed by atoms with E-state index in [9.17, 15) is 9.59 Å². The van der Waals surface area contributed by atoms with Crippen LogP contribution in [-0.4, -0.2) is 37.4 Å². The minimum absolute atomic E-state index is 0.0773. The number of hydrogen-bond donors (Lipinski definition) is 2.